The van der Waals surface area contributed by atoms with Crippen molar-refractivity contribution in [3.05, 3.63) is 90.1 Å². The lowest BCUT2D eigenvalue weighted by molar-refractivity contribution is 0.628. The molecule has 0 aliphatic carbocycles. The molecule has 0 spiro atoms. The lowest BCUT2D eigenvalue weighted by Gasteiger charge is -2.07. The van der Waals surface area contributed by atoms with Gasteiger partial charge in [-0.25, -0.2) is 9.37 Å². The maximum Gasteiger partial charge on any atom is 0.137 e. The normalized spacial score (nSPS) is 10.5. The predicted octanol–water partition coefficient (Wildman–Crippen LogP) is 6.69. The zero-order valence-corrected chi connectivity index (χ0v) is 17.8. The molecule has 1 N–H and O–H groups in total. The number of aromatic nitrogens is 4. The number of nitrogens with one attached hydrogen (secondary N) is 1. The van der Waals surface area contributed by atoms with Gasteiger partial charge >= 0.3 is 0 Å². The monoisotopic (exact) mass is 460 g/mol. The van der Waals surface area contributed by atoms with Crippen LogP contribution in [0.4, 0.5) is 4.39 Å². The molecular weight excluding hydrogens is 446 g/mol. The van der Waals surface area contributed by atoms with Gasteiger partial charge in [-0.05, 0) is 42.5 Å². The number of rotatable bonds is 3. The van der Waals surface area contributed by atoms with Gasteiger partial charge < -0.3 is 0 Å². The molecule has 30 heavy (non-hydrogen) atoms. The van der Waals surface area contributed by atoms with Crippen molar-refractivity contribution in [1.29, 1.82) is 0 Å². The van der Waals surface area contributed by atoms with Gasteiger partial charge in [0.05, 0.1) is 17.6 Å². The van der Waals surface area contributed by atoms with E-state index in [0.717, 1.165) is 39.3 Å². The van der Waals surface area contributed by atoms with Crippen LogP contribution in [-0.4, -0.2) is 19.6 Å². The van der Waals surface area contributed by atoms with Crippen molar-refractivity contribution in [3.8, 4) is 33.6 Å². The molecule has 5 rings (SSSR count). The Hall–Kier alpha value is -2.86. The van der Waals surface area contributed by atoms with Crippen molar-refractivity contribution in [2.24, 2.45) is 0 Å². The molecule has 0 atom stereocenters. The molecule has 3 heterocycles. The number of fused-ring (bicyclic) bond motifs is 1. The number of pyridine rings is 1. The third kappa shape index (κ3) is 3.79. The standard InChI is InChI=1S/C22H14ClFN4.2ClH/c23-19-4-2-1-3-17(19)20-12-25-21-10-7-15(13-28(20)21)18-11-26-27-22(18)14-5-8-16(24)9-6-14;;/h1-13H,(H,26,27);2*1H. The number of imidazole rings is 1. The summed E-state index contributed by atoms with van der Waals surface area (Å²) in [5, 5.41) is 7.95. The number of hydrogen-bond donors (Lipinski definition) is 1. The topological polar surface area (TPSA) is 46.0 Å². The first-order chi connectivity index (χ1) is 13.7. The van der Waals surface area contributed by atoms with Gasteiger partial charge in [0.1, 0.15) is 11.5 Å². The minimum atomic E-state index is -0.273. The van der Waals surface area contributed by atoms with Crippen molar-refractivity contribution in [1.82, 2.24) is 19.6 Å². The Balaban J connectivity index is 0.00000128. The number of nitrogens with zero attached hydrogens (tertiary/aromatic N) is 3. The fourth-order valence-corrected chi connectivity index (χ4v) is 3.58. The van der Waals surface area contributed by atoms with Crippen LogP contribution in [0.5, 0.6) is 0 Å². The van der Waals surface area contributed by atoms with Gasteiger partial charge in [0.25, 0.3) is 0 Å². The van der Waals surface area contributed by atoms with Gasteiger partial charge in [-0.1, -0.05) is 29.8 Å². The SMILES string of the molecule is Cl.Cl.Fc1ccc(-c2n[nH]cc2-c2ccc3ncc(-c4ccccc4Cl)n3c2)cc1. The summed E-state index contributed by atoms with van der Waals surface area (Å²) in [6.45, 7) is 0. The molecule has 0 radical (unpaired) electrons. The molecule has 4 nitrogen and oxygen atoms in total. The Morgan fingerprint density at radius 2 is 1.60 bits per heavy atom. The highest BCUT2D eigenvalue weighted by Gasteiger charge is 2.14. The van der Waals surface area contributed by atoms with Gasteiger partial charge in [-0.3, -0.25) is 9.50 Å². The van der Waals surface area contributed by atoms with Crippen LogP contribution in [0.15, 0.2) is 79.3 Å². The summed E-state index contributed by atoms with van der Waals surface area (Å²) in [5.74, 6) is -0.273. The van der Waals surface area contributed by atoms with E-state index < -0.39 is 0 Å². The first-order valence-corrected chi connectivity index (χ1v) is 9.10. The summed E-state index contributed by atoms with van der Waals surface area (Å²) < 4.78 is 15.3. The highest BCUT2D eigenvalue weighted by atomic mass is 35.5. The van der Waals surface area contributed by atoms with Crippen LogP contribution in [0.2, 0.25) is 5.02 Å². The van der Waals surface area contributed by atoms with Crippen LogP contribution in [0.3, 0.4) is 0 Å². The lowest BCUT2D eigenvalue weighted by Crippen LogP contribution is -1.91. The number of H-pyrrole nitrogens is 1. The summed E-state index contributed by atoms with van der Waals surface area (Å²) in [6, 6.07) is 18.0. The Labute approximate surface area is 189 Å². The van der Waals surface area contributed by atoms with Crippen molar-refractivity contribution < 1.29 is 4.39 Å². The maximum atomic E-state index is 13.3. The van der Waals surface area contributed by atoms with E-state index in [9.17, 15) is 4.39 Å². The molecule has 2 aromatic carbocycles. The van der Waals surface area contributed by atoms with E-state index in [1.807, 2.05) is 59.4 Å². The molecule has 152 valence electrons. The average Bonchev–Trinajstić information content (AvgIpc) is 3.36. The molecule has 0 bridgehead atoms. The second-order valence-corrected chi connectivity index (χ2v) is 6.83. The first-order valence-electron chi connectivity index (χ1n) is 8.73. The van der Waals surface area contributed by atoms with Crippen molar-refractivity contribution in [3.63, 3.8) is 0 Å². The van der Waals surface area contributed by atoms with E-state index in [4.69, 9.17) is 11.6 Å². The maximum absolute atomic E-state index is 13.3. The number of aromatic amines is 1. The van der Waals surface area contributed by atoms with Crippen LogP contribution >= 0.6 is 36.4 Å². The van der Waals surface area contributed by atoms with Crippen molar-refractivity contribution >= 4 is 42.1 Å². The molecule has 0 aliphatic rings. The van der Waals surface area contributed by atoms with E-state index in [1.54, 1.807) is 12.1 Å². The summed E-state index contributed by atoms with van der Waals surface area (Å²) in [7, 11) is 0. The summed E-state index contributed by atoms with van der Waals surface area (Å²) in [6.07, 6.45) is 5.67. The van der Waals surface area contributed by atoms with E-state index in [0.29, 0.717) is 5.02 Å². The zero-order chi connectivity index (χ0) is 19.1. The Morgan fingerprint density at radius 3 is 2.37 bits per heavy atom. The third-order valence-electron chi connectivity index (χ3n) is 4.72. The second-order valence-electron chi connectivity index (χ2n) is 6.42. The molecular formula is C22H16Cl3FN4. The number of hydrogen-bond acceptors (Lipinski definition) is 2. The predicted molar refractivity (Wildman–Crippen MR) is 123 cm³/mol. The van der Waals surface area contributed by atoms with E-state index in [-0.39, 0.29) is 30.6 Å². The Kier molecular flexibility index (Phi) is 6.46. The average molecular weight is 462 g/mol. The minimum absolute atomic E-state index is 0. The van der Waals surface area contributed by atoms with Crippen molar-refractivity contribution in [2.75, 3.05) is 0 Å². The third-order valence-corrected chi connectivity index (χ3v) is 5.05. The fourth-order valence-electron chi connectivity index (χ4n) is 3.35. The zero-order valence-electron chi connectivity index (χ0n) is 15.4. The molecule has 0 unspecified atom stereocenters. The Morgan fingerprint density at radius 1 is 0.867 bits per heavy atom. The fraction of sp³-hybridized carbons (Fsp3) is 0. The second kappa shape index (κ2) is 8.88. The molecule has 8 heteroatoms. The van der Waals surface area contributed by atoms with E-state index >= 15 is 0 Å². The van der Waals surface area contributed by atoms with Crippen molar-refractivity contribution in [2.45, 2.75) is 0 Å². The van der Waals surface area contributed by atoms with Crippen LogP contribution in [0, 0.1) is 5.82 Å². The van der Waals surface area contributed by atoms with E-state index in [1.165, 1.54) is 12.1 Å². The van der Waals surface area contributed by atoms with Gasteiger partial charge in [0, 0.05) is 39.7 Å². The summed E-state index contributed by atoms with van der Waals surface area (Å²) in [4.78, 5) is 4.49. The van der Waals surface area contributed by atoms with Gasteiger partial charge in [0.15, 0.2) is 0 Å². The van der Waals surface area contributed by atoms with E-state index in [2.05, 4.69) is 15.2 Å². The summed E-state index contributed by atoms with van der Waals surface area (Å²) >= 11 is 6.39. The molecule has 5 aromatic rings. The summed E-state index contributed by atoms with van der Waals surface area (Å²) in [5.41, 5.74) is 6.15. The first kappa shape index (κ1) is 21.8. The number of halogens is 4. The molecule has 0 saturated heterocycles. The van der Waals surface area contributed by atoms with Crippen LogP contribution < -0.4 is 0 Å². The van der Waals surface area contributed by atoms with Gasteiger partial charge in [-0.2, -0.15) is 5.10 Å². The molecule has 3 aromatic heterocycles. The molecule has 0 saturated carbocycles. The smallest absolute Gasteiger partial charge is 0.137 e. The Bertz CT molecular complexity index is 1300. The van der Waals surface area contributed by atoms with Crippen LogP contribution in [0.25, 0.3) is 39.3 Å². The lowest BCUT2D eigenvalue weighted by atomic mass is 10.0. The van der Waals surface area contributed by atoms with Gasteiger partial charge in [-0.15, -0.1) is 24.8 Å². The molecule has 0 fully saturated rings. The van der Waals surface area contributed by atoms with Crippen LogP contribution in [0.1, 0.15) is 0 Å². The molecule has 0 aliphatic heterocycles. The highest BCUT2D eigenvalue weighted by Crippen LogP contribution is 2.33. The quantitative estimate of drug-likeness (QED) is 0.325. The minimum Gasteiger partial charge on any atom is -0.299 e. The highest BCUT2D eigenvalue weighted by molar-refractivity contribution is 6.33. The van der Waals surface area contributed by atoms with Gasteiger partial charge in [0.2, 0.25) is 0 Å². The largest absolute Gasteiger partial charge is 0.299 e. The van der Waals surface area contributed by atoms with Crippen LogP contribution in [-0.2, 0) is 0 Å². The number of benzene rings is 2. The molecule has 0 amide bonds.